The molecule has 2 amide bonds. The van der Waals surface area contributed by atoms with Crippen LogP contribution >= 0.6 is 0 Å². The van der Waals surface area contributed by atoms with Crippen LogP contribution in [-0.4, -0.2) is 48.0 Å². The molecule has 2 aromatic heterocycles. The van der Waals surface area contributed by atoms with Gasteiger partial charge in [-0.1, -0.05) is 12.1 Å². The van der Waals surface area contributed by atoms with Gasteiger partial charge in [-0.05, 0) is 55.5 Å². The summed E-state index contributed by atoms with van der Waals surface area (Å²) in [7, 11) is 1.30. The van der Waals surface area contributed by atoms with Crippen molar-refractivity contribution in [3.05, 3.63) is 77.5 Å². The van der Waals surface area contributed by atoms with Crippen molar-refractivity contribution in [1.29, 1.82) is 0 Å². The fourth-order valence-corrected chi connectivity index (χ4v) is 3.88. The van der Waals surface area contributed by atoms with Crippen molar-refractivity contribution in [2.24, 2.45) is 5.92 Å². The van der Waals surface area contributed by atoms with Gasteiger partial charge < -0.3 is 15.0 Å². The van der Waals surface area contributed by atoms with Crippen LogP contribution in [0.25, 0.3) is 11.3 Å². The normalized spacial score (nSPS) is 12.6. The molecule has 4 rings (SSSR count). The van der Waals surface area contributed by atoms with Gasteiger partial charge in [0, 0.05) is 43.5 Å². The van der Waals surface area contributed by atoms with Crippen molar-refractivity contribution < 1.29 is 23.5 Å². The SMILES string of the molecule is COC(=O)c1cc(-c2ccc(C(=O)NCCc3cccnc3F)cn2)ccc1N(CC1CC1)C(C)=O. The maximum Gasteiger partial charge on any atom is 0.340 e. The molecule has 2 heterocycles. The van der Waals surface area contributed by atoms with Gasteiger partial charge in [-0.15, -0.1) is 0 Å². The molecule has 1 aliphatic rings. The van der Waals surface area contributed by atoms with E-state index in [-0.39, 0.29) is 23.9 Å². The third kappa shape index (κ3) is 5.91. The zero-order valence-corrected chi connectivity index (χ0v) is 20.2. The zero-order valence-electron chi connectivity index (χ0n) is 20.2. The summed E-state index contributed by atoms with van der Waals surface area (Å²) in [6.07, 6.45) is 5.27. The maximum atomic E-state index is 13.6. The maximum absolute atomic E-state index is 13.6. The molecule has 1 fully saturated rings. The lowest BCUT2D eigenvalue weighted by atomic mass is 10.0. The summed E-state index contributed by atoms with van der Waals surface area (Å²) in [5, 5.41) is 2.74. The van der Waals surface area contributed by atoms with Crippen LogP contribution in [0.15, 0.2) is 54.9 Å². The largest absolute Gasteiger partial charge is 0.465 e. The highest BCUT2D eigenvalue weighted by Gasteiger charge is 2.29. The Kier molecular flexibility index (Phi) is 7.68. The van der Waals surface area contributed by atoms with Crippen LogP contribution in [0.3, 0.4) is 0 Å². The molecule has 0 atom stereocenters. The summed E-state index contributed by atoms with van der Waals surface area (Å²) in [4.78, 5) is 46.9. The minimum Gasteiger partial charge on any atom is -0.465 e. The van der Waals surface area contributed by atoms with E-state index in [1.165, 1.54) is 26.4 Å². The lowest BCUT2D eigenvalue weighted by molar-refractivity contribution is -0.116. The molecule has 8 nitrogen and oxygen atoms in total. The Hall–Kier alpha value is -4.14. The third-order valence-electron chi connectivity index (χ3n) is 6.05. The van der Waals surface area contributed by atoms with E-state index in [1.807, 2.05) is 0 Å². The quantitative estimate of drug-likeness (QED) is 0.362. The van der Waals surface area contributed by atoms with E-state index in [9.17, 15) is 18.8 Å². The first-order valence-corrected chi connectivity index (χ1v) is 11.7. The summed E-state index contributed by atoms with van der Waals surface area (Å²) in [6.45, 7) is 2.30. The number of ether oxygens (including phenoxy) is 1. The van der Waals surface area contributed by atoms with Gasteiger partial charge in [0.15, 0.2) is 0 Å². The molecule has 3 aromatic rings. The van der Waals surface area contributed by atoms with Gasteiger partial charge in [-0.25, -0.2) is 9.78 Å². The average molecular weight is 491 g/mol. The van der Waals surface area contributed by atoms with Crippen molar-refractivity contribution in [3.8, 4) is 11.3 Å². The van der Waals surface area contributed by atoms with Gasteiger partial charge in [0.25, 0.3) is 5.91 Å². The molecule has 0 bridgehead atoms. The Labute approximate surface area is 208 Å². The molecule has 36 heavy (non-hydrogen) atoms. The second kappa shape index (κ2) is 11.1. The van der Waals surface area contributed by atoms with E-state index in [2.05, 4.69) is 15.3 Å². The van der Waals surface area contributed by atoms with E-state index in [0.29, 0.717) is 47.0 Å². The van der Waals surface area contributed by atoms with Crippen LogP contribution in [-0.2, 0) is 16.0 Å². The molecular weight excluding hydrogens is 463 g/mol. The molecule has 0 aliphatic heterocycles. The number of pyridine rings is 2. The standard InChI is InChI=1S/C27H27FN4O4/c1-17(33)32(16-18-5-6-18)24-10-8-20(14-22(24)27(35)36-2)23-9-7-21(15-31-23)26(34)30-13-11-19-4-3-12-29-25(19)28/h3-4,7-10,12,14-15,18H,5-6,11,13,16H2,1-2H3,(H,30,34). The van der Waals surface area contributed by atoms with Crippen LogP contribution < -0.4 is 10.2 Å². The van der Waals surface area contributed by atoms with E-state index in [0.717, 1.165) is 12.8 Å². The van der Waals surface area contributed by atoms with Gasteiger partial charge in [0.05, 0.1) is 29.6 Å². The highest BCUT2D eigenvalue weighted by Crippen LogP contribution is 2.34. The van der Waals surface area contributed by atoms with Gasteiger partial charge >= 0.3 is 5.97 Å². The van der Waals surface area contributed by atoms with Crippen LogP contribution in [0, 0.1) is 11.9 Å². The topological polar surface area (TPSA) is 101 Å². The lowest BCUT2D eigenvalue weighted by Gasteiger charge is -2.23. The Morgan fingerprint density at radius 3 is 2.58 bits per heavy atom. The minimum absolute atomic E-state index is 0.139. The second-order valence-electron chi connectivity index (χ2n) is 8.69. The number of methoxy groups -OCH3 is 1. The van der Waals surface area contributed by atoms with Crippen LogP contribution in [0.5, 0.6) is 0 Å². The first kappa shape index (κ1) is 25.0. The molecular formula is C27H27FN4O4. The van der Waals surface area contributed by atoms with E-state index in [4.69, 9.17) is 4.74 Å². The smallest absolute Gasteiger partial charge is 0.340 e. The number of carbonyl (C=O) groups excluding carboxylic acids is 3. The lowest BCUT2D eigenvalue weighted by Crippen LogP contribution is -2.32. The van der Waals surface area contributed by atoms with Crippen LogP contribution in [0.1, 0.15) is 46.0 Å². The third-order valence-corrected chi connectivity index (χ3v) is 6.05. The number of benzene rings is 1. The van der Waals surface area contributed by atoms with Gasteiger partial charge in [-0.3, -0.25) is 14.6 Å². The zero-order chi connectivity index (χ0) is 25.7. The number of aromatic nitrogens is 2. The van der Waals surface area contributed by atoms with Crippen LogP contribution in [0.4, 0.5) is 10.1 Å². The van der Waals surface area contributed by atoms with Gasteiger partial charge in [-0.2, -0.15) is 4.39 Å². The Bertz CT molecular complexity index is 1280. The molecule has 1 N–H and O–H groups in total. The van der Waals surface area contributed by atoms with E-state index >= 15 is 0 Å². The van der Waals surface area contributed by atoms with Crippen molar-refractivity contribution in [2.75, 3.05) is 25.1 Å². The number of hydrogen-bond acceptors (Lipinski definition) is 6. The Morgan fingerprint density at radius 2 is 1.94 bits per heavy atom. The molecule has 0 saturated heterocycles. The Morgan fingerprint density at radius 1 is 1.14 bits per heavy atom. The summed E-state index contributed by atoms with van der Waals surface area (Å²) >= 11 is 0. The molecule has 1 aliphatic carbocycles. The molecule has 1 aromatic carbocycles. The highest BCUT2D eigenvalue weighted by molar-refractivity contribution is 6.03. The Balaban J connectivity index is 1.48. The van der Waals surface area contributed by atoms with Crippen molar-refractivity contribution in [3.63, 3.8) is 0 Å². The molecule has 0 unspecified atom stereocenters. The monoisotopic (exact) mass is 490 g/mol. The number of halogens is 1. The second-order valence-corrected chi connectivity index (χ2v) is 8.69. The van der Waals surface area contributed by atoms with E-state index < -0.39 is 11.9 Å². The van der Waals surface area contributed by atoms with Crippen molar-refractivity contribution in [1.82, 2.24) is 15.3 Å². The number of nitrogens with zero attached hydrogens (tertiary/aromatic N) is 3. The minimum atomic E-state index is -0.547. The summed E-state index contributed by atoms with van der Waals surface area (Å²) in [5.41, 5.74) is 2.76. The molecule has 0 radical (unpaired) electrons. The highest BCUT2D eigenvalue weighted by atomic mass is 19.1. The number of carbonyl (C=O) groups is 3. The van der Waals surface area contributed by atoms with Crippen LogP contribution in [0.2, 0.25) is 0 Å². The fraction of sp³-hybridized carbons (Fsp3) is 0.296. The molecule has 9 heteroatoms. The first-order chi connectivity index (χ1) is 17.4. The number of amides is 2. The molecule has 186 valence electrons. The fourth-order valence-electron chi connectivity index (χ4n) is 3.88. The van der Waals surface area contributed by atoms with Crippen molar-refractivity contribution in [2.45, 2.75) is 26.2 Å². The molecule has 0 spiro atoms. The number of esters is 1. The van der Waals surface area contributed by atoms with Gasteiger partial charge in [0.1, 0.15) is 0 Å². The summed E-state index contributed by atoms with van der Waals surface area (Å²) < 4.78 is 18.6. The number of anilines is 1. The summed E-state index contributed by atoms with van der Waals surface area (Å²) in [5.74, 6) is -1.12. The first-order valence-electron chi connectivity index (χ1n) is 11.7. The number of hydrogen-bond donors (Lipinski definition) is 1. The summed E-state index contributed by atoms with van der Waals surface area (Å²) in [6, 6.07) is 11.7. The molecule has 1 saturated carbocycles. The van der Waals surface area contributed by atoms with E-state index in [1.54, 1.807) is 47.4 Å². The van der Waals surface area contributed by atoms with Crippen molar-refractivity contribution >= 4 is 23.5 Å². The average Bonchev–Trinajstić information content (AvgIpc) is 3.72. The predicted octanol–water partition coefficient (Wildman–Crippen LogP) is 3.80. The number of rotatable bonds is 9. The number of nitrogens with one attached hydrogen (secondary N) is 1. The van der Waals surface area contributed by atoms with Gasteiger partial charge in [0.2, 0.25) is 11.9 Å². The predicted molar refractivity (Wildman–Crippen MR) is 132 cm³/mol.